The normalized spacial score (nSPS) is 16.1. The first-order valence-corrected chi connectivity index (χ1v) is 11.2. The van der Waals surface area contributed by atoms with Gasteiger partial charge in [-0.25, -0.2) is 9.78 Å². The molecule has 1 aromatic heterocycles. The molecule has 6 nitrogen and oxygen atoms in total. The molecule has 1 aliphatic heterocycles. The molecule has 1 fully saturated rings. The lowest BCUT2D eigenvalue weighted by molar-refractivity contribution is -0.274. The molecule has 0 amide bonds. The van der Waals surface area contributed by atoms with Gasteiger partial charge in [0.1, 0.15) is 17.5 Å². The molecule has 184 valence electrons. The van der Waals surface area contributed by atoms with Crippen molar-refractivity contribution >= 4 is 5.97 Å². The summed E-state index contributed by atoms with van der Waals surface area (Å²) in [5.41, 5.74) is 2.38. The van der Waals surface area contributed by atoms with Gasteiger partial charge in [0.25, 0.3) is 0 Å². The molecular formula is C26H25F3N2O4. The van der Waals surface area contributed by atoms with Crippen LogP contribution in [0.3, 0.4) is 0 Å². The van der Waals surface area contributed by atoms with Crippen LogP contribution in [0.15, 0.2) is 72.8 Å². The number of aromatic carboxylic acids is 1. The topological polar surface area (TPSA) is 71.9 Å². The van der Waals surface area contributed by atoms with Gasteiger partial charge >= 0.3 is 12.3 Å². The number of pyridine rings is 1. The maximum atomic E-state index is 12.5. The van der Waals surface area contributed by atoms with Crippen LogP contribution in [-0.4, -0.2) is 46.5 Å². The van der Waals surface area contributed by atoms with E-state index in [0.29, 0.717) is 12.2 Å². The van der Waals surface area contributed by atoms with E-state index in [9.17, 15) is 18.0 Å². The number of carbonyl (C=O) groups is 1. The fourth-order valence-electron chi connectivity index (χ4n) is 4.13. The van der Waals surface area contributed by atoms with E-state index in [2.05, 4.69) is 14.6 Å². The largest absolute Gasteiger partial charge is 0.573 e. The second-order valence-corrected chi connectivity index (χ2v) is 8.34. The number of hydrogen-bond acceptors (Lipinski definition) is 5. The summed E-state index contributed by atoms with van der Waals surface area (Å²) < 4.78 is 48.0. The quantitative estimate of drug-likeness (QED) is 0.457. The van der Waals surface area contributed by atoms with Crippen molar-refractivity contribution in [3.63, 3.8) is 0 Å². The molecule has 9 heteroatoms. The maximum absolute atomic E-state index is 12.5. The van der Waals surface area contributed by atoms with Crippen LogP contribution in [0.2, 0.25) is 0 Å². The van der Waals surface area contributed by atoms with Gasteiger partial charge in [-0.2, -0.15) is 0 Å². The van der Waals surface area contributed by atoms with Gasteiger partial charge in [-0.05, 0) is 48.2 Å². The predicted octanol–water partition coefficient (Wildman–Crippen LogP) is 5.45. The van der Waals surface area contributed by atoms with Crippen LogP contribution in [0.1, 0.15) is 46.3 Å². The van der Waals surface area contributed by atoms with Crippen LogP contribution in [0.25, 0.3) is 0 Å². The van der Waals surface area contributed by atoms with Crippen molar-refractivity contribution < 1.29 is 32.5 Å². The number of aromatic nitrogens is 1. The molecule has 1 saturated heterocycles. The molecule has 0 spiro atoms. The minimum Gasteiger partial charge on any atom is -0.477 e. The summed E-state index contributed by atoms with van der Waals surface area (Å²) >= 11 is 0. The highest BCUT2D eigenvalue weighted by molar-refractivity contribution is 5.85. The van der Waals surface area contributed by atoms with Crippen LogP contribution in [0, 0.1) is 0 Å². The Morgan fingerprint density at radius 2 is 1.63 bits per heavy atom. The minimum atomic E-state index is -4.74. The summed E-state index contributed by atoms with van der Waals surface area (Å²) in [7, 11) is 0. The lowest BCUT2D eigenvalue weighted by atomic mass is 10.00. The van der Waals surface area contributed by atoms with E-state index in [1.54, 1.807) is 18.2 Å². The maximum Gasteiger partial charge on any atom is 0.573 e. The second-order valence-electron chi connectivity index (χ2n) is 8.34. The molecule has 4 rings (SSSR count). The Morgan fingerprint density at radius 1 is 0.971 bits per heavy atom. The first-order valence-electron chi connectivity index (χ1n) is 11.2. The Balaban J connectivity index is 1.41. The standard InChI is InChI=1S/C26H25F3N2O4/c27-26(28,29)35-22-11-9-19(10-12-22)24(18-5-2-1-3-6-18)34-21-13-15-31(16-14-21)17-20-7-4-8-23(30-20)25(32)33/h1-12,21,24H,13-17H2,(H,32,33). The number of piperidine rings is 1. The van der Waals surface area contributed by atoms with Crippen LogP contribution in [0.5, 0.6) is 5.75 Å². The first-order chi connectivity index (χ1) is 16.8. The molecule has 0 radical (unpaired) electrons. The highest BCUT2D eigenvalue weighted by atomic mass is 19.4. The predicted molar refractivity (Wildman–Crippen MR) is 122 cm³/mol. The number of alkyl halides is 3. The molecule has 3 aromatic rings. The molecule has 1 unspecified atom stereocenters. The zero-order valence-electron chi connectivity index (χ0n) is 18.8. The number of carboxylic acids is 1. The van der Waals surface area contributed by atoms with Gasteiger partial charge in [-0.15, -0.1) is 13.2 Å². The Labute approximate surface area is 200 Å². The lowest BCUT2D eigenvalue weighted by Gasteiger charge is -2.34. The summed E-state index contributed by atoms with van der Waals surface area (Å²) in [5, 5.41) is 9.14. The number of rotatable bonds is 8. The van der Waals surface area contributed by atoms with Gasteiger partial charge in [-0.1, -0.05) is 48.5 Å². The molecule has 0 aliphatic carbocycles. The van der Waals surface area contributed by atoms with E-state index >= 15 is 0 Å². The summed E-state index contributed by atoms with van der Waals surface area (Å²) in [4.78, 5) is 17.5. The molecule has 1 atom stereocenters. The zero-order chi connectivity index (χ0) is 24.8. The molecule has 1 aliphatic rings. The Morgan fingerprint density at radius 3 is 2.26 bits per heavy atom. The van der Waals surface area contributed by atoms with Crippen LogP contribution in [-0.2, 0) is 11.3 Å². The molecule has 35 heavy (non-hydrogen) atoms. The van der Waals surface area contributed by atoms with Crippen molar-refractivity contribution in [2.45, 2.75) is 38.0 Å². The lowest BCUT2D eigenvalue weighted by Crippen LogP contribution is -2.37. The number of hydrogen-bond donors (Lipinski definition) is 1. The van der Waals surface area contributed by atoms with Crippen molar-refractivity contribution in [3.8, 4) is 5.75 Å². The number of nitrogens with zero attached hydrogens (tertiary/aromatic N) is 2. The monoisotopic (exact) mass is 486 g/mol. The smallest absolute Gasteiger partial charge is 0.477 e. The zero-order valence-corrected chi connectivity index (χ0v) is 18.8. The van der Waals surface area contributed by atoms with Crippen molar-refractivity contribution in [1.29, 1.82) is 0 Å². The van der Waals surface area contributed by atoms with Gasteiger partial charge in [0.15, 0.2) is 0 Å². The Hall–Kier alpha value is -3.43. The summed E-state index contributed by atoms with van der Waals surface area (Å²) in [6.07, 6.45) is -3.69. The number of benzene rings is 2. The summed E-state index contributed by atoms with van der Waals surface area (Å²) in [5.74, 6) is -1.33. The Kier molecular flexibility index (Phi) is 7.67. The van der Waals surface area contributed by atoms with Crippen molar-refractivity contribution in [2.24, 2.45) is 0 Å². The third kappa shape index (κ3) is 7.03. The number of likely N-dealkylation sites (tertiary alicyclic amines) is 1. The van der Waals surface area contributed by atoms with E-state index < -0.39 is 18.4 Å². The van der Waals surface area contributed by atoms with E-state index in [1.807, 2.05) is 36.4 Å². The van der Waals surface area contributed by atoms with Crippen molar-refractivity contribution in [2.75, 3.05) is 13.1 Å². The van der Waals surface area contributed by atoms with Gasteiger partial charge in [0, 0.05) is 19.6 Å². The number of ether oxygens (including phenoxy) is 2. The third-order valence-electron chi connectivity index (χ3n) is 5.79. The third-order valence-corrected chi connectivity index (χ3v) is 5.79. The van der Waals surface area contributed by atoms with E-state index in [4.69, 9.17) is 9.84 Å². The fourth-order valence-corrected chi connectivity index (χ4v) is 4.13. The highest BCUT2D eigenvalue weighted by Gasteiger charge is 2.31. The molecule has 0 saturated carbocycles. The average Bonchev–Trinajstić information content (AvgIpc) is 2.84. The van der Waals surface area contributed by atoms with Crippen LogP contribution < -0.4 is 4.74 Å². The minimum absolute atomic E-state index is 0.0260. The SMILES string of the molecule is O=C(O)c1cccc(CN2CCC(OC(c3ccccc3)c3ccc(OC(F)(F)F)cc3)CC2)n1. The van der Waals surface area contributed by atoms with Gasteiger partial charge < -0.3 is 14.6 Å². The molecule has 2 aromatic carbocycles. The molecule has 2 heterocycles. The van der Waals surface area contributed by atoms with Crippen LogP contribution in [0.4, 0.5) is 13.2 Å². The fraction of sp³-hybridized carbons (Fsp3) is 0.308. The average molecular weight is 486 g/mol. The highest BCUT2D eigenvalue weighted by Crippen LogP contribution is 2.32. The van der Waals surface area contributed by atoms with E-state index in [0.717, 1.165) is 37.1 Å². The summed E-state index contributed by atoms with van der Waals surface area (Å²) in [6.45, 7) is 2.06. The summed E-state index contributed by atoms with van der Waals surface area (Å²) in [6, 6.07) is 20.3. The Bertz CT molecular complexity index is 1120. The second kappa shape index (κ2) is 10.9. The number of halogens is 3. The van der Waals surface area contributed by atoms with E-state index in [1.165, 1.54) is 18.2 Å². The molecule has 0 bridgehead atoms. The van der Waals surface area contributed by atoms with Crippen molar-refractivity contribution in [3.05, 3.63) is 95.3 Å². The van der Waals surface area contributed by atoms with Gasteiger partial charge in [0.05, 0.1) is 11.8 Å². The number of carboxylic acid groups (broad SMARTS) is 1. The van der Waals surface area contributed by atoms with Crippen molar-refractivity contribution in [1.82, 2.24) is 9.88 Å². The van der Waals surface area contributed by atoms with E-state index in [-0.39, 0.29) is 17.5 Å². The van der Waals surface area contributed by atoms with Gasteiger partial charge in [-0.3, -0.25) is 4.90 Å². The van der Waals surface area contributed by atoms with Gasteiger partial charge in [0.2, 0.25) is 0 Å². The molecule has 1 N–H and O–H groups in total. The van der Waals surface area contributed by atoms with Crippen LogP contribution >= 0.6 is 0 Å². The first kappa shape index (κ1) is 24.7. The molecular weight excluding hydrogens is 461 g/mol.